The van der Waals surface area contributed by atoms with Crippen molar-refractivity contribution < 1.29 is 47.3 Å². The van der Waals surface area contributed by atoms with Crippen LogP contribution in [0.15, 0.2) is 72.2 Å². The summed E-state index contributed by atoms with van der Waals surface area (Å²) >= 11 is 7.26. The van der Waals surface area contributed by atoms with E-state index in [-0.39, 0.29) is 54.4 Å². The first-order chi connectivity index (χ1) is 33.3. The largest absolute Gasteiger partial charge is 0.494 e. The highest BCUT2D eigenvalue weighted by Gasteiger charge is 2.50. The first-order valence-corrected chi connectivity index (χ1v) is 24.5. The summed E-state index contributed by atoms with van der Waals surface area (Å²) < 4.78 is 44.7. The monoisotopic (exact) mass is 1000 g/mol. The van der Waals surface area contributed by atoms with Gasteiger partial charge in [0.15, 0.2) is 10.8 Å². The average Bonchev–Trinajstić information content (AvgIpc) is 3.99. The second kappa shape index (κ2) is 23.8. The maximum atomic E-state index is 14.0. The molecule has 374 valence electrons. The van der Waals surface area contributed by atoms with E-state index in [2.05, 4.69) is 20.5 Å². The van der Waals surface area contributed by atoms with E-state index >= 15 is 0 Å². The molecule has 70 heavy (non-hydrogen) atoms. The second-order valence-electron chi connectivity index (χ2n) is 18.8. The van der Waals surface area contributed by atoms with Crippen LogP contribution >= 0.6 is 23.6 Å². The van der Waals surface area contributed by atoms with Crippen LogP contribution in [0.5, 0.6) is 5.75 Å². The predicted octanol–water partition coefficient (Wildman–Crippen LogP) is 8.31. The average molecular weight is 1000 g/mol. The lowest BCUT2D eigenvalue weighted by atomic mass is 9.85. The summed E-state index contributed by atoms with van der Waals surface area (Å²) in [4.78, 5) is 66.7. The number of likely N-dealkylation sites (tertiary alicyclic amines) is 1. The van der Waals surface area contributed by atoms with Gasteiger partial charge >= 0.3 is 0 Å². The molecule has 19 heteroatoms. The van der Waals surface area contributed by atoms with Crippen LogP contribution in [0.1, 0.15) is 90.0 Å². The molecule has 1 aromatic heterocycles. The van der Waals surface area contributed by atoms with E-state index in [0.29, 0.717) is 50.7 Å². The van der Waals surface area contributed by atoms with Gasteiger partial charge in [-0.25, -0.2) is 18.6 Å². The zero-order chi connectivity index (χ0) is 50.8. The van der Waals surface area contributed by atoms with E-state index in [1.54, 1.807) is 59.9 Å². The molecule has 2 aliphatic heterocycles. The number of aryl methyl sites for hydroxylation is 1. The molecule has 3 atom stereocenters. The van der Waals surface area contributed by atoms with E-state index in [4.69, 9.17) is 33.0 Å². The molecule has 2 saturated heterocycles. The maximum absolute atomic E-state index is 14.0. The third kappa shape index (κ3) is 13.1. The third-order valence-corrected chi connectivity index (χ3v) is 13.5. The Hall–Kier alpha value is -5.91. The van der Waals surface area contributed by atoms with Crippen molar-refractivity contribution in [3.63, 3.8) is 0 Å². The number of halogens is 2. The van der Waals surface area contributed by atoms with Crippen molar-refractivity contribution in [1.82, 2.24) is 20.5 Å². The number of alkyl halides is 2. The SMILES string of the molecule is [C-]#[N+]c1ccc(N2C(=O)C(C)(C)N(c3ccc(OCCCOCCCCCOCC(=O)N[C@H](C(=O)N4C[C@H](O)C[C@H]4C(=O)NCc4ccc(-c5scnc5C)cc4)C(C)(C)C)cc3)C2=S)cc1C(F)F. The first-order valence-electron chi connectivity index (χ1n) is 23.2. The van der Waals surface area contributed by atoms with Crippen LogP contribution in [0.2, 0.25) is 0 Å². The lowest BCUT2D eigenvalue weighted by Crippen LogP contribution is -2.58. The fraction of sp³-hybridized carbons (Fsp3) is 0.471. The number of aliphatic hydroxyl groups excluding tert-OH is 1. The fourth-order valence-corrected chi connectivity index (χ4v) is 9.62. The minimum atomic E-state index is -2.89. The number of aromatic nitrogens is 1. The van der Waals surface area contributed by atoms with Crippen molar-refractivity contribution in [2.75, 3.05) is 49.4 Å². The highest BCUT2D eigenvalue weighted by molar-refractivity contribution is 7.81. The van der Waals surface area contributed by atoms with Crippen molar-refractivity contribution in [3.8, 4) is 16.2 Å². The molecule has 0 spiro atoms. The molecule has 4 aromatic rings. The first kappa shape index (κ1) is 53.4. The number of ether oxygens (including phenoxy) is 3. The molecule has 3 heterocycles. The van der Waals surface area contributed by atoms with E-state index in [1.165, 1.54) is 21.9 Å². The van der Waals surface area contributed by atoms with E-state index in [1.807, 2.05) is 52.0 Å². The Morgan fingerprint density at radius 1 is 0.971 bits per heavy atom. The minimum Gasteiger partial charge on any atom is -0.494 e. The fourth-order valence-electron chi connectivity index (χ4n) is 8.29. The normalized spacial score (nSPS) is 17.2. The van der Waals surface area contributed by atoms with Crippen LogP contribution in [-0.2, 0) is 35.2 Å². The van der Waals surface area contributed by atoms with E-state index < -0.39 is 52.9 Å². The van der Waals surface area contributed by atoms with E-state index in [9.17, 15) is 33.1 Å². The predicted molar refractivity (Wildman–Crippen MR) is 268 cm³/mol. The van der Waals surface area contributed by atoms with E-state index in [0.717, 1.165) is 40.6 Å². The Bertz CT molecular complexity index is 2530. The number of β-amino-alcohol motifs (C(OH)–C–C–N with tert-alkyl or cyclic N) is 1. The van der Waals surface area contributed by atoms with Gasteiger partial charge in [0.1, 0.15) is 30.0 Å². The minimum absolute atomic E-state index is 0.0188. The van der Waals surface area contributed by atoms with Gasteiger partial charge in [-0.15, -0.1) is 11.3 Å². The van der Waals surface area contributed by atoms with Gasteiger partial charge in [-0.3, -0.25) is 24.1 Å². The Morgan fingerprint density at radius 3 is 2.29 bits per heavy atom. The number of carbonyl (C=O) groups excluding carboxylic acids is 4. The number of thiazole rings is 1. The number of aliphatic hydroxyl groups is 1. The van der Waals surface area contributed by atoms with Gasteiger partial charge in [0.2, 0.25) is 17.7 Å². The number of amides is 4. The Morgan fingerprint density at radius 2 is 1.64 bits per heavy atom. The second-order valence-corrected chi connectivity index (χ2v) is 20.1. The van der Waals surface area contributed by atoms with Gasteiger partial charge in [0.25, 0.3) is 12.3 Å². The van der Waals surface area contributed by atoms with Crippen molar-refractivity contribution in [3.05, 3.63) is 100 Å². The molecule has 0 saturated carbocycles. The summed E-state index contributed by atoms with van der Waals surface area (Å²) in [7, 11) is 0. The summed E-state index contributed by atoms with van der Waals surface area (Å²) in [6.07, 6.45) is -0.706. The number of rotatable bonds is 22. The van der Waals surface area contributed by atoms with Gasteiger partial charge in [-0.05, 0) is 105 Å². The number of hydrogen-bond donors (Lipinski definition) is 3. The summed E-state index contributed by atoms with van der Waals surface area (Å²) in [5.41, 5.74) is 3.03. The number of thiocarbonyl (C=S) groups is 1. The third-order valence-electron chi connectivity index (χ3n) is 12.1. The van der Waals surface area contributed by atoms with Crippen LogP contribution in [0.25, 0.3) is 15.3 Å². The zero-order valence-corrected chi connectivity index (χ0v) is 42.0. The van der Waals surface area contributed by atoms with Crippen molar-refractivity contribution in [2.45, 2.75) is 110 Å². The zero-order valence-electron chi connectivity index (χ0n) is 40.3. The Kier molecular flexibility index (Phi) is 18.2. The van der Waals surface area contributed by atoms with Crippen LogP contribution < -0.4 is 25.2 Å². The molecule has 0 unspecified atom stereocenters. The molecule has 0 aliphatic carbocycles. The molecule has 6 rings (SSSR count). The molecular weight excluding hydrogens is 941 g/mol. The van der Waals surface area contributed by atoms with Crippen LogP contribution in [0.3, 0.4) is 0 Å². The smallest absolute Gasteiger partial charge is 0.259 e. The number of nitrogens with zero attached hydrogens (tertiary/aromatic N) is 5. The highest BCUT2D eigenvalue weighted by atomic mass is 32.1. The van der Waals surface area contributed by atoms with Gasteiger partial charge in [-0.1, -0.05) is 51.1 Å². The highest BCUT2D eigenvalue weighted by Crippen LogP contribution is 2.40. The summed E-state index contributed by atoms with van der Waals surface area (Å²) in [6.45, 7) is 19.9. The standard InChI is InChI=1S/C51H61F2N7O8S2/c1-32-43(70-31-56-32)34-14-12-33(13-15-34)28-55-46(63)41-27-37(61)29-58(41)47(64)44(50(2,3)4)57-42(62)30-67-23-10-8-9-22-66-24-11-25-68-38-19-16-35(17-20-38)60-49(69)59(48(65)51(60,5)6)36-18-21-40(54-7)39(26-36)45(52)53/h12-21,26,31,37,41,44-45,61H,8-11,22-25,27-30H2,1-6H3,(H,55,63)(H,57,62)/t37-,41+,44-/m1/s1. The summed E-state index contributed by atoms with van der Waals surface area (Å²) in [6, 6.07) is 16.9. The molecule has 0 bridgehead atoms. The number of hydrogen-bond acceptors (Lipinski definition) is 11. The van der Waals surface area contributed by atoms with Crippen LogP contribution in [0.4, 0.5) is 25.8 Å². The quantitative estimate of drug-likeness (QED) is 0.0394. The lowest BCUT2D eigenvalue weighted by molar-refractivity contribution is -0.144. The van der Waals surface area contributed by atoms with Crippen molar-refractivity contribution >= 4 is 69.4 Å². The summed E-state index contributed by atoms with van der Waals surface area (Å²) in [5, 5.41) is 16.4. The molecule has 3 aromatic carbocycles. The number of carbonyl (C=O) groups is 4. The molecule has 2 fully saturated rings. The van der Waals surface area contributed by atoms with Crippen molar-refractivity contribution in [1.29, 1.82) is 0 Å². The summed E-state index contributed by atoms with van der Waals surface area (Å²) in [5.74, 6) is -1.05. The molecule has 3 N–H and O–H groups in total. The Labute approximate surface area is 417 Å². The lowest BCUT2D eigenvalue weighted by Gasteiger charge is -2.35. The molecule has 4 amide bonds. The molecular formula is C51H61F2N7O8S2. The topological polar surface area (TPSA) is 167 Å². The molecule has 15 nitrogen and oxygen atoms in total. The number of benzene rings is 3. The van der Waals surface area contributed by atoms with Crippen LogP contribution in [-0.4, -0.2) is 107 Å². The van der Waals surface area contributed by atoms with Gasteiger partial charge in [0, 0.05) is 62.7 Å². The van der Waals surface area contributed by atoms with Crippen molar-refractivity contribution in [2.24, 2.45) is 5.41 Å². The van der Waals surface area contributed by atoms with Gasteiger partial charge in [-0.2, -0.15) is 0 Å². The van der Waals surface area contributed by atoms with Crippen LogP contribution in [0, 0.1) is 18.9 Å². The number of anilines is 2. The number of nitrogens with one attached hydrogen (secondary N) is 2. The van der Waals surface area contributed by atoms with Gasteiger partial charge < -0.3 is 39.8 Å². The molecule has 2 aliphatic rings. The maximum Gasteiger partial charge on any atom is 0.259 e. The van der Waals surface area contributed by atoms with Gasteiger partial charge in [0.05, 0.1) is 35.4 Å². The number of unbranched alkanes of at least 4 members (excludes halogenated alkanes) is 2. The Balaban J connectivity index is 0.847. The molecule has 0 radical (unpaired) electrons.